The highest BCUT2D eigenvalue weighted by Gasteiger charge is 2.20. The molecule has 0 bridgehead atoms. The molecule has 0 aliphatic heterocycles. The van der Waals surface area contributed by atoms with Crippen molar-refractivity contribution in [1.29, 1.82) is 0 Å². The lowest BCUT2D eigenvalue weighted by Gasteiger charge is -2.26. The molecule has 0 amide bonds. The van der Waals surface area contributed by atoms with Crippen LogP contribution < -0.4 is 5.32 Å². The van der Waals surface area contributed by atoms with Crippen LogP contribution in [0.15, 0.2) is 12.4 Å². The molecule has 1 fully saturated rings. The number of hydrogen-bond acceptors (Lipinski definition) is 2. The summed E-state index contributed by atoms with van der Waals surface area (Å²) in [5.74, 6) is 0.910. The van der Waals surface area contributed by atoms with Gasteiger partial charge in [0.15, 0.2) is 0 Å². The molecular weight excluding hydrogens is 222 g/mol. The van der Waals surface area contributed by atoms with Crippen molar-refractivity contribution in [1.82, 2.24) is 15.1 Å². The van der Waals surface area contributed by atoms with Gasteiger partial charge in [-0.15, -0.1) is 0 Å². The molecule has 1 aromatic rings. The van der Waals surface area contributed by atoms with Crippen LogP contribution in [0.2, 0.25) is 0 Å². The third-order valence-corrected chi connectivity index (χ3v) is 4.06. The monoisotopic (exact) mass is 249 g/mol. The van der Waals surface area contributed by atoms with Gasteiger partial charge >= 0.3 is 0 Å². The van der Waals surface area contributed by atoms with E-state index in [4.69, 9.17) is 0 Å². The first kappa shape index (κ1) is 13.6. The molecule has 1 heterocycles. The first-order valence-corrected chi connectivity index (χ1v) is 7.51. The number of aromatic nitrogens is 2. The highest BCUT2D eigenvalue weighted by molar-refractivity contribution is 5.10. The molecule has 0 spiro atoms. The molecule has 3 nitrogen and oxygen atoms in total. The number of hydrogen-bond donors (Lipinski definition) is 1. The molecule has 1 saturated carbocycles. The third kappa shape index (κ3) is 3.84. The average molecular weight is 249 g/mol. The van der Waals surface area contributed by atoms with E-state index in [1.165, 1.54) is 50.5 Å². The van der Waals surface area contributed by atoms with Gasteiger partial charge in [0.1, 0.15) is 0 Å². The summed E-state index contributed by atoms with van der Waals surface area (Å²) in [6.45, 7) is 3.33. The molecule has 0 saturated heterocycles. The first-order chi connectivity index (χ1) is 8.79. The predicted octanol–water partition coefficient (Wildman–Crippen LogP) is 3.43. The average Bonchev–Trinajstić information content (AvgIpc) is 2.82. The second-order valence-electron chi connectivity index (χ2n) is 5.69. The summed E-state index contributed by atoms with van der Waals surface area (Å²) in [6.07, 6.45) is 13.8. The van der Waals surface area contributed by atoms with Crippen LogP contribution in [0.5, 0.6) is 0 Å². The van der Waals surface area contributed by atoms with Gasteiger partial charge in [-0.2, -0.15) is 5.10 Å². The number of nitrogens with one attached hydrogen (secondary N) is 1. The smallest absolute Gasteiger partial charge is 0.0537 e. The van der Waals surface area contributed by atoms with Crippen LogP contribution >= 0.6 is 0 Å². The molecule has 1 aromatic heterocycles. The lowest BCUT2D eigenvalue weighted by Crippen LogP contribution is -2.25. The fourth-order valence-corrected chi connectivity index (χ4v) is 3.03. The Morgan fingerprint density at radius 3 is 2.78 bits per heavy atom. The molecule has 1 aliphatic carbocycles. The van der Waals surface area contributed by atoms with Crippen molar-refractivity contribution < 1.29 is 0 Å². The maximum absolute atomic E-state index is 4.32. The topological polar surface area (TPSA) is 29.9 Å². The Kier molecular flexibility index (Phi) is 5.24. The van der Waals surface area contributed by atoms with Gasteiger partial charge in [-0.3, -0.25) is 4.68 Å². The maximum Gasteiger partial charge on any atom is 0.0537 e. The molecule has 1 N–H and O–H groups in total. The van der Waals surface area contributed by atoms with Crippen molar-refractivity contribution in [2.75, 3.05) is 6.54 Å². The summed E-state index contributed by atoms with van der Waals surface area (Å²) in [5.41, 5.74) is 1.36. The Balaban J connectivity index is 1.95. The fourth-order valence-electron chi connectivity index (χ4n) is 3.03. The first-order valence-electron chi connectivity index (χ1n) is 7.51. The molecule has 1 atom stereocenters. The Labute approximate surface area is 111 Å². The van der Waals surface area contributed by atoms with Crippen LogP contribution in [0.25, 0.3) is 0 Å². The fraction of sp³-hybridized carbons (Fsp3) is 0.800. The second kappa shape index (κ2) is 6.93. The minimum Gasteiger partial charge on any atom is -0.310 e. The Morgan fingerprint density at radius 2 is 2.17 bits per heavy atom. The summed E-state index contributed by atoms with van der Waals surface area (Å²) in [6, 6.07) is 0.502. The molecule has 0 aromatic carbocycles. The van der Waals surface area contributed by atoms with Gasteiger partial charge in [-0.05, 0) is 25.3 Å². The van der Waals surface area contributed by atoms with Gasteiger partial charge in [0, 0.05) is 24.8 Å². The molecule has 3 heteroatoms. The van der Waals surface area contributed by atoms with E-state index in [0.717, 1.165) is 12.5 Å². The zero-order chi connectivity index (χ0) is 12.8. The van der Waals surface area contributed by atoms with Crippen molar-refractivity contribution in [2.24, 2.45) is 13.0 Å². The summed E-state index contributed by atoms with van der Waals surface area (Å²) in [5, 5.41) is 8.01. The van der Waals surface area contributed by atoms with E-state index in [1.54, 1.807) is 0 Å². The van der Waals surface area contributed by atoms with E-state index in [9.17, 15) is 0 Å². The molecular formula is C15H27N3. The maximum atomic E-state index is 4.32. The van der Waals surface area contributed by atoms with Gasteiger partial charge in [-0.1, -0.05) is 39.0 Å². The van der Waals surface area contributed by atoms with Gasteiger partial charge in [0.25, 0.3) is 0 Å². The van der Waals surface area contributed by atoms with E-state index in [1.807, 2.05) is 17.9 Å². The van der Waals surface area contributed by atoms with Crippen molar-refractivity contribution in [3.05, 3.63) is 18.0 Å². The van der Waals surface area contributed by atoms with Crippen molar-refractivity contribution in [2.45, 2.75) is 57.9 Å². The number of rotatable bonds is 6. The number of nitrogens with zero attached hydrogens (tertiary/aromatic N) is 2. The quantitative estimate of drug-likeness (QED) is 0.837. The summed E-state index contributed by atoms with van der Waals surface area (Å²) >= 11 is 0. The number of aryl methyl sites for hydroxylation is 1. The van der Waals surface area contributed by atoms with Gasteiger partial charge < -0.3 is 5.32 Å². The van der Waals surface area contributed by atoms with Crippen LogP contribution in [0, 0.1) is 5.92 Å². The lowest BCUT2D eigenvalue weighted by molar-refractivity contribution is 0.300. The Bertz CT molecular complexity index is 339. The third-order valence-electron chi connectivity index (χ3n) is 4.06. The van der Waals surface area contributed by atoms with Gasteiger partial charge in [0.2, 0.25) is 0 Å². The Morgan fingerprint density at radius 1 is 1.39 bits per heavy atom. The standard InChI is InChI=1S/C15H27N3/c1-3-9-16-15(14-11-17-18(2)12-14)10-13-7-5-4-6-8-13/h11-13,15-16H,3-10H2,1-2H3. The summed E-state index contributed by atoms with van der Waals surface area (Å²) in [4.78, 5) is 0. The predicted molar refractivity (Wildman–Crippen MR) is 75.4 cm³/mol. The zero-order valence-electron chi connectivity index (χ0n) is 11.9. The van der Waals surface area contributed by atoms with Gasteiger partial charge in [0.05, 0.1) is 6.20 Å². The molecule has 102 valence electrons. The van der Waals surface area contributed by atoms with E-state index < -0.39 is 0 Å². The van der Waals surface area contributed by atoms with Gasteiger partial charge in [-0.25, -0.2) is 0 Å². The van der Waals surface area contributed by atoms with Crippen molar-refractivity contribution in [3.63, 3.8) is 0 Å². The van der Waals surface area contributed by atoms with Crippen LogP contribution in [0.3, 0.4) is 0 Å². The largest absolute Gasteiger partial charge is 0.310 e. The molecule has 0 radical (unpaired) electrons. The highest BCUT2D eigenvalue weighted by atomic mass is 15.2. The zero-order valence-corrected chi connectivity index (χ0v) is 11.9. The van der Waals surface area contributed by atoms with Crippen molar-refractivity contribution >= 4 is 0 Å². The van der Waals surface area contributed by atoms with Crippen molar-refractivity contribution in [3.8, 4) is 0 Å². The van der Waals surface area contributed by atoms with E-state index in [2.05, 4.69) is 23.5 Å². The summed E-state index contributed by atoms with van der Waals surface area (Å²) in [7, 11) is 2.00. The minimum atomic E-state index is 0.502. The Hall–Kier alpha value is -0.830. The molecule has 18 heavy (non-hydrogen) atoms. The van der Waals surface area contributed by atoms with E-state index in [-0.39, 0.29) is 0 Å². The van der Waals surface area contributed by atoms with Crippen LogP contribution in [-0.2, 0) is 7.05 Å². The normalized spacial score (nSPS) is 19.0. The lowest BCUT2D eigenvalue weighted by atomic mass is 9.84. The second-order valence-corrected chi connectivity index (χ2v) is 5.69. The highest BCUT2D eigenvalue weighted by Crippen LogP contribution is 2.31. The van der Waals surface area contributed by atoms with Crippen LogP contribution in [0.1, 0.15) is 63.5 Å². The minimum absolute atomic E-state index is 0.502. The van der Waals surface area contributed by atoms with E-state index >= 15 is 0 Å². The summed E-state index contributed by atoms with van der Waals surface area (Å²) < 4.78 is 1.91. The van der Waals surface area contributed by atoms with Crippen LogP contribution in [-0.4, -0.2) is 16.3 Å². The molecule has 1 unspecified atom stereocenters. The van der Waals surface area contributed by atoms with Crippen LogP contribution in [0.4, 0.5) is 0 Å². The van der Waals surface area contributed by atoms with E-state index in [0.29, 0.717) is 6.04 Å². The molecule has 2 rings (SSSR count). The molecule has 1 aliphatic rings. The SMILES string of the molecule is CCCNC(CC1CCCCC1)c1cnn(C)c1.